The number of nitrogens with two attached hydrogens (primary N) is 2. The largest absolute Gasteiger partial charge is 0.490 e. The second-order valence-electron chi connectivity index (χ2n) is 6.95. The number of phosphoric ester groups is 1. The number of anilines is 1. The third kappa shape index (κ3) is 5.43. The number of nitrogens with zero attached hydrogens (tertiary/aromatic N) is 3. The summed E-state index contributed by atoms with van der Waals surface area (Å²) >= 11 is 0. The van der Waals surface area contributed by atoms with Gasteiger partial charge in [-0.15, -0.1) is 0 Å². The second-order valence-corrected chi connectivity index (χ2v) is 11.4. The smallest absolute Gasteiger partial charge is 0.388 e. The molecule has 20 heteroatoms. The summed E-state index contributed by atoms with van der Waals surface area (Å²) in [5.41, 5.74) is 11.4. The molecule has 0 saturated carbocycles. The van der Waals surface area contributed by atoms with Crippen LogP contribution in [0, 0.1) is 0 Å². The van der Waals surface area contributed by atoms with Gasteiger partial charge in [-0.1, -0.05) is 0 Å². The molecule has 0 aromatic carbocycles. The lowest BCUT2D eigenvalue weighted by molar-refractivity contribution is -0.0235. The summed E-state index contributed by atoms with van der Waals surface area (Å²) in [7, 11) is -16.6. The monoisotopic (exact) mass is 519 g/mol. The van der Waals surface area contributed by atoms with Crippen molar-refractivity contribution < 1.29 is 56.3 Å². The topological polar surface area (TPSA) is 272 Å². The van der Waals surface area contributed by atoms with Gasteiger partial charge in [0.2, 0.25) is 0 Å². The van der Waals surface area contributed by atoms with Gasteiger partial charge in [-0.2, -0.15) is 13.7 Å². The predicted octanol–water partition coefficient (Wildman–Crippen LogP) is -0.827. The normalized spacial score (nSPS) is 30.3. The predicted molar refractivity (Wildman–Crippen MR) is 103 cm³/mol. The van der Waals surface area contributed by atoms with Crippen molar-refractivity contribution in [1.29, 1.82) is 0 Å². The highest BCUT2D eigenvalue weighted by Gasteiger charge is 2.53. The fourth-order valence-corrected chi connectivity index (χ4v) is 6.14. The van der Waals surface area contributed by atoms with Crippen molar-refractivity contribution in [3.05, 3.63) is 24.2 Å². The van der Waals surface area contributed by atoms with Crippen LogP contribution in [-0.4, -0.2) is 63.6 Å². The molecule has 3 heterocycles. The Hall–Kier alpha value is -1.29. The fourth-order valence-electron chi connectivity index (χ4n) is 3.11. The number of fused-ring (bicyclic) bond motifs is 1. The average Bonchev–Trinajstić information content (AvgIpc) is 3.11. The third-order valence-corrected chi connectivity index (χ3v) is 8.27. The minimum absolute atomic E-state index is 0.174. The van der Waals surface area contributed by atoms with Crippen LogP contribution in [-0.2, 0) is 31.6 Å². The van der Waals surface area contributed by atoms with Gasteiger partial charge < -0.3 is 40.9 Å². The SMILES string of the molecule is C[C@@]1(N)[C@H](O)[C@@H](COP(=O)(O)OP(=O)(O)OP(=O)(O)O)O[C@H]1c1ccc2c(N)ncnn12. The van der Waals surface area contributed by atoms with Crippen LogP contribution >= 0.6 is 23.5 Å². The Balaban J connectivity index is 1.74. The standard InChI is InChI=1S/C12H20N5O12P3/c1-12(14)9(18)8(4-26-31(22,23)29-32(24,25)28-30(19,20)21)27-10(12)6-2-3-7-11(13)15-5-16-17(6)7/h2-3,5,8-10,18H,4,14H2,1H3,(H,22,23)(H,24,25)(H2,13,15,16)(H2,19,20,21)/t8-,9-,10+,12-/m1/s1. The molecule has 0 bridgehead atoms. The molecule has 0 spiro atoms. The molecule has 0 amide bonds. The van der Waals surface area contributed by atoms with Gasteiger partial charge in [-0.05, 0) is 19.1 Å². The van der Waals surface area contributed by atoms with Gasteiger partial charge in [-0.3, -0.25) is 4.52 Å². The Bertz CT molecular complexity index is 1150. The zero-order valence-electron chi connectivity index (χ0n) is 16.1. The number of aliphatic hydroxyl groups excluding tert-OH is 1. The fraction of sp³-hybridized carbons (Fsp3) is 0.500. The average molecular weight is 519 g/mol. The molecular formula is C12H20N5O12P3. The van der Waals surface area contributed by atoms with Gasteiger partial charge in [0, 0.05) is 0 Å². The molecule has 1 aliphatic heterocycles. The highest BCUT2D eigenvalue weighted by molar-refractivity contribution is 7.66. The number of rotatable bonds is 8. The number of aliphatic hydroxyl groups is 1. The highest BCUT2D eigenvalue weighted by atomic mass is 31.3. The molecular weight excluding hydrogens is 499 g/mol. The Kier molecular flexibility index (Phi) is 6.72. The van der Waals surface area contributed by atoms with Crippen LogP contribution in [0.2, 0.25) is 0 Å². The van der Waals surface area contributed by atoms with E-state index in [0.717, 1.165) is 0 Å². The quantitative estimate of drug-likeness (QED) is 0.210. The number of ether oxygens (including phenoxy) is 1. The van der Waals surface area contributed by atoms with E-state index in [-0.39, 0.29) is 5.82 Å². The lowest BCUT2D eigenvalue weighted by atomic mass is 9.88. The van der Waals surface area contributed by atoms with E-state index in [1.54, 1.807) is 12.1 Å². The van der Waals surface area contributed by atoms with Crippen molar-refractivity contribution in [2.75, 3.05) is 12.3 Å². The van der Waals surface area contributed by atoms with Gasteiger partial charge in [-0.25, -0.2) is 23.2 Å². The van der Waals surface area contributed by atoms with E-state index in [1.807, 2.05) is 0 Å². The zero-order valence-corrected chi connectivity index (χ0v) is 18.8. The van der Waals surface area contributed by atoms with Crippen molar-refractivity contribution in [2.24, 2.45) is 5.73 Å². The number of hydrogen-bond donors (Lipinski definition) is 7. The van der Waals surface area contributed by atoms with Crippen molar-refractivity contribution in [1.82, 2.24) is 14.6 Å². The van der Waals surface area contributed by atoms with Crippen molar-refractivity contribution >= 4 is 34.8 Å². The summed E-state index contributed by atoms with van der Waals surface area (Å²) in [6.45, 7) is 0.575. The molecule has 32 heavy (non-hydrogen) atoms. The Morgan fingerprint density at radius 1 is 1.19 bits per heavy atom. The molecule has 2 aromatic rings. The molecule has 3 rings (SSSR count). The summed E-state index contributed by atoms with van der Waals surface area (Å²) in [5.74, 6) is 0.174. The summed E-state index contributed by atoms with van der Waals surface area (Å²) in [6.07, 6.45) is -2.62. The molecule has 1 saturated heterocycles. The molecule has 0 aliphatic carbocycles. The molecule has 9 N–H and O–H groups in total. The first kappa shape index (κ1) is 25.3. The van der Waals surface area contributed by atoms with E-state index in [2.05, 4.69) is 23.2 Å². The summed E-state index contributed by atoms with van der Waals surface area (Å²) in [6, 6.07) is 3.17. The summed E-state index contributed by atoms with van der Waals surface area (Å²) in [4.78, 5) is 39.7. The lowest BCUT2D eigenvalue weighted by Crippen LogP contribution is -2.51. The Morgan fingerprint density at radius 2 is 1.84 bits per heavy atom. The molecule has 6 atom stereocenters. The first-order valence-corrected chi connectivity index (χ1v) is 13.0. The molecule has 1 fully saturated rings. The van der Waals surface area contributed by atoms with E-state index in [1.165, 1.54) is 17.8 Å². The molecule has 17 nitrogen and oxygen atoms in total. The minimum Gasteiger partial charge on any atom is -0.388 e. The van der Waals surface area contributed by atoms with Crippen LogP contribution < -0.4 is 11.5 Å². The van der Waals surface area contributed by atoms with Crippen molar-refractivity contribution in [3.8, 4) is 0 Å². The first-order chi connectivity index (χ1) is 14.5. The van der Waals surface area contributed by atoms with E-state index in [9.17, 15) is 28.6 Å². The number of phosphoric acid groups is 3. The van der Waals surface area contributed by atoms with E-state index >= 15 is 0 Å². The molecule has 1 aliphatic rings. The van der Waals surface area contributed by atoms with Crippen LogP contribution in [0.1, 0.15) is 18.7 Å². The van der Waals surface area contributed by atoms with E-state index < -0.39 is 53.9 Å². The number of aromatic nitrogens is 3. The van der Waals surface area contributed by atoms with Gasteiger partial charge in [0.05, 0.1) is 17.8 Å². The maximum Gasteiger partial charge on any atom is 0.490 e. The van der Waals surface area contributed by atoms with Crippen LogP contribution in [0.3, 0.4) is 0 Å². The lowest BCUT2D eigenvalue weighted by Gasteiger charge is -2.27. The second kappa shape index (κ2) is 8.49. The molecule has 2 aromatic heterocycles. The number of nitrogen functional groups attached to an aromatic ring is 1. The van der Waals surface area contributed by atoms with Crippen LogP contribution in [0.5, 0.6) is 0 Å². The molecule has 180 valence electrons. The van der Waals surface area contributed by atoms with E-state index in [4.69, 9.17) is 26.0 Å². The zero-order chi connectivity index (χ0) is 24.1. The first-order valence-electron chi connectivity index (χ1n) is 8.51. The summed E-state index contributed by atoms with van der Waals surface area (Å²) < 4.78 is 52.8. The minimum atomic E-state index is -5.68. The molecule has 2 unspecified atom stereocenters. The van der Waals surface area contributed by atoms with Crippen LogP contribution in [0.25, 0.3) is 5.52 Å². The maximum atomic E-state index is 11.9. The summed E-state index contributed by atoms with van der Waals surface area (Å²) in [5, 5.41) is 14.6. The maximum absolute atomic E-state index is 11.9. The molecule has 0 radical (unpaired) electrons. The van der Waals surface area contributed by atoms with Gasteiger partial charge >= 0.3 is 23.5 Å². The Labute approximate surface area is 179 Å². The highest BCUT2D eigenvalue weighted by Crippen LogP contribution is 2.66. The van der Waals surface area contributed by atoms with Gasteiger partial charge in [0.1, 0.15) is 30.2 Å². The Morgan fingerprint density at radius 3 is 2.47 bits per heavy atom. The van der Waals surface area contributed by atoms with Crippen LogP contribution in [0.15, 0.2) is 18.5 Å². The van der Waals surface area contributed by atoms with Crippen molar-refractivity contribution in [3.63, 3.8) is 0 Å². The van der Waals surface area contributed by atoms with Gasteiger partial charge in [0.15, 0.2) is 5.82 Å². The van der Waals surface area contributed by atoms with Gasteiger partial charge in [0.25, 0.3) is 0 Å². The van der Waals surface area contributed by atoms with Crippen LogP contribution in [0.4, 0.5) is 5.82 Å². The van der Waals surface area contributed by atoms with E-state index in [0.29, 0.717) is 11.2 Å². The third-order valence-electron chi connectivity index (χ3n) is 4.46. The number of hydrogen-bond acceptors (Lipinski definition) is 12. The van der Waals surface area contributed by atoms with Crippen molar-refractivity contribution in [2.45, 2.75) is 30.8 Å².